The number of hydrogen-bond donors (Lipinski definition) is 2. The summed E-state index contributed by atoms with van der Waals surface area (Å²) in [7, 11) is -4.05. The van der Waals surface area contributed by atoms with Crippen molar-refractivity contribution in [2.24, 2.45) is 0 Å². The lowest BCUT2D eigenvalue weighted by atomic mass is 10.3. The molecule has 1 heterocycles. The van der Waals surface area contributed by atoms with Gasteiger partial charge in [-0.05, 0) is 18.2 Å². The summed E-state index contributed by atoms with van der Waals surface area (Å²) in [6.07, 6.45) is 2.77. The maximum atomic E-state index is 12.1. The summed E-state index contributed by atoms with van der Waals surface area (Å²) in [5.74, 6) is 0. The summed E-state index contributed by atoms with van der Waals surface area (Å²) in [5, 5.41) is 10.9. The molecule has 0 saturated carbocycles. The lowest BCUT2D eigenvalue weighted by molar-refractivity contribution is -0.387. The molecule has 0 fully saturated rings. The Morgan fingerprint density at radius 1 is 1.35 bits per heavy atom. The van der Waals surface area contributed by atoms with Crippen LogP contribution in [0.25, 0.3) is 0 Å². The predicted molar refractivity (Wildman–Crippen MR) is 70.2 cm³/mol. The molecule has 0 atom stereocenters. The number of hydrogen-bond acceptors (Lipinski definition) is 6. The molecule has 0 aliphatic rings. The van der Waals surface area contributed by atoms with Crippen LogP contribution in [0.4, 0.5) is 11.4 Å². The third kappa shape index (κ3) is 2.95. The third-order valence-corrected chi connectivity index (χ3v) is 3.95. The Labute approximate surface area is 114 Å². The maximum Gasteiger partial charge on any atom is 0.289 e. The first-order chi connectivity index (χ1) is 9.40. The van der Waals surface area contributed by atoms with Gasteiger partial charge in [-0.15, -0.1) is 0 Å². The molecule has 3 N–H and O–H groups in total. The molecular weight excluding hydrogens is 286 g/mol. The lowest BCUT2D eigenvalue weighted by Crippen LogP contribution is -2.24. The topological polar surface area (TPSA) is 128 Å². The van der Waals surface area contributed by atoms with Gasteiger partial charge in [-0.1, -0.05) is 0 Å². The fourth-order valence-corrected chi connectivity index (χ4v) is 2.77. The molecule has 0 saturated heterocycles. The van der Waals surface area contributed by atoms with E-state index < -0.39 is 25.5 Å². The molecule has 0 amide bonds. The van der Waals surface area contributed by atoms with E-state index in [1.807, 2.05) is 0 Å². The van der Waals surface area contributed by atoms with Gasteiger partial charge in [-0.2, -0.15) is 0 Å². The summed E-state index contributed by atoms with van der Waals surface area (Å²) >= 11 is 0. The van der Waals surface area contributed by atoms with Crippen molar-refractivity contribution in [3.63, 3.8) is 0 Å². The molecule has 0 bridgehead atoms. The van der Waals surface area contributed by atoms with Crippen LogP contribution < -0.4 is 10.5 Å². The van der Waals surface area contributed by atoms with Crippen molar-refractivity contribution in [1.29, 1.82) is 0 Å². The van der Waals surface area contributed by atoms with Crippen LogP contribution in [0.2, 0.25) is 0 Å². The van der Waals surface area contributed by atoms with Gasteiger partial charge >= 0.3 is 0 Å². The Morgan fingerprint density at radius 2 is 2.10 bits per heavy atom. The Kier molecular flexibility index (Phi) is 3.72. The van der Waals surface area contributed by atoms with Crippen molar-refractivity contribution >= 4 is 21.4 Å². The van der Waals surface area contributed by atoms with Crippen LogP contribution in [0, 0.1) is 10.1 Å². The number of rotatable bonds is 5. The van der Waals surface area contributed by atoms with Gasteiger partial charge in [-0.25, -0.2) is 13.1 Å². The summed E-state index contributed by atoms with van der Waals surface area (Å²) in [5.41, 5.74) is 5.68. The van der Waals surface area contributed by atoms with Crippen molar-refractivity contribution in [2.75, 3.05) is 5.73 Å². The molecule has 2 rings (SSSR count). The van der Waals surface area contributed by atoms with E-state index >= 15 is 0 Å². The molecule has 8 nitrogen and oxygen atoms in total. The molecule has 9 heteroatoms. The average Bonchev–Trinajstić information content (AvgIpc) is 2.89. The van der Waals surface area contributed by atoms with Crippen molar-refractivity contribution in [1.82, 2.24) is 4.72 Å². The largest absolute Gasteiger partial charge is 0.472 e. The van der Waals surface area contributed by atoms with Crippen molar-refractivity contribution in [2.45, 2.75) is 11.4 Å². The van der Waals surface area contributed by atoms with Crippen molar-refractivity contribution in [3.8, 4) is 0 Å². The zero-order valence-corrected chi connectivity index (χ0v) is 11.0. The second-order valence-corrected chi connectivity index (χ2v) is 5.68. The highest BCUT2D eigenvalue weighted by molar-refractivity contribution is 7.89. The van der Waals surface area contributed by atoms with Crippen molar-refractivity contribution in [3.05, 3.63) is 52.5 Å². The highest BCUT2D eigenvalue weighted by atomic mass is 32.2. The number of nitro benzene ring substituents is 1. The minimum absolute atomic E-state index is 0.0369. The van der Waals surface area contributed by atoms with E-state index in [0.29, 0.717) is 5.56 Å². The molecule has 0 spiro atoms. The smallest absolute Gasteiger partial charge is 0.289 e. The highest BCUT2D eigenvalue weighted by Gasteiger charge is 2.25. The summed E-state index contributed by atoms with van der Waals surface area (Å²) in [4.78, 5) is 9.63. The number of benzene rings is 1. The minimum Gasteiger partial charge on any atom is -0.472 e. The number of nitrogens with zero attached hydrogens (tertiary/aromatic N) is 1. The van der Waals surface area contributed by atoms with E-state index in [1.165, 1.54) is 18.6 Å². The summed E-state index contributed by atoms with van der Waals surface area (Å²) in [6.45, 7) is -0.0369. The molecule has 106 valence electrons. The molecule has 1 aromatic heterocycles. The zero-order chi connectivity index (χ0) is 14.8. The van der Waals surface area contributed by atoms with Gasteiger partial charge in [0.05, 0.1) is 17.4 Å². The van der Waals surface area contributed by atoms with Crippen LogP contribution in [0.3, 0.4) is 0 Å². The number of sulfonamides is 1. The van der Waals surface area contributed by atoms with E-state index in [-0.39, 0.29) is 12.2 Å². The Morgan fingerprint density at radius 3 is 2.70 bits per heavy atom. The highest BCUT2D eigenvalue weighted by Crippen LogP contribution is 2.25. The van der Waals surface area contributed by atoms with E-state index in [2.05, 4.69) is 4.72 Å². The number of nitrogen functional groups attached to an aromatic ring is 1. The fourth-order valence-electron chi connectivity index (χ4n) is 1.55. The first-order valence-electron chi connectivity index (χ1n) is 5.45. The molecule has 0 aliphatic heterocycles. The molecule has 2 aromatic rings. The Hall–Kier alpha value is -2.39. The van der Waals surface area contributed by atoms with Crippen LogP contribution in [0.15, 0.2) is 46.1 Å². The Bertz CT molecular complexity index is 725. The quantitative estimate of drug-likeness (QED) is 0.485. The number of furan rings is 1. The van der Waals surface area contributed by atoms with Gasteiger partial charge in [0.1, 0.15) is 0 Å². The SMILES string of the molecule is Nc1ccc([N+](=O)[O-])c(S(=O)(=O)NCc2ccoc2)c1. The maximum absolute atomic E-state index is 12.1. The monoisotopic (exact) mass is 297 g/mol. The standard InChI is InChI=1S/C11H11N3O5S/c12-9-1-2-10(14(15)16)11(5-9)20(17,18)13-6-8-3-4-19-7-8/h1-5,7,13H,6,12H2. The van der Waals surface area contributed by atoms with Gasteiger partial charge in [0.25, 0.3) is 5.69 Å². The molecule has 20 heavy (non-hydrogen) atoms. The molecule has 0 radical (unpaired) electrons. The van der Waals surface area contributed by atoms with E-state index in [4.69, 9.17) is 10.2 Å². The number of nitrogens with two attached hydrogens (primary N) is 1. The fraction of sp³-hybridized carbons (Fsp3) is 0.0909. The van der Waals surface area contributed by atoms with Crippen LogP contribution in [0.5, 0.6) is 0 Å². The Balaban J connectivity index is 2.33. The summed E-state index contributed by atoms with van der Waals surface area (Å²) < 4.78 is 31.3. The lowest BCUT2D eigenvalue weighted by Gasteiger charge is -2.07. The summed E-state index contributed by atoms with van der Waals surface area (Å²) in [6, 6.07) is 4.96. The zero-order valence-electron chi connectivity index (χ0n) is 10.1. The molecule has 1 aromatic carbocycles. The molecule has 0 aliphatic carbocycles. The van der Waals surface area contributed by atoms with Gasteiger partial charge < -0.3 is 10.2 Å². The minimum atomic E-state index is -4.05. The molecular formula is C11H11N3O5S. The van der Waals surface area contributed by atoms with E-state index in [0.717, 1.165) is 12.1 Å². The first-order valence-corrected chi connectivity index (χ1v) is 6.93. The second-order valence-electron chi connectivity index (χ2n) is 3.94. The first kappa shape index (κ1) is 14.0. The number of nitrogens with one attached hydrogen (secondary N) is 1. The van der Waals surface area contributed by atoms with Gasteiger partial charge in [0.15, 0.2) is 4.90 Å². The van der Waals surface area contributed by atoms with Crippen LogP contribution in [-0.4, -0.2) is 13.3 Å². The van der Waals surface area contributed by atoms with Crippen molar-refractivity contribution < 1.29 is 17.8 Å². The van der Waals surface area contributed by atoms with Gasteiger partial charge in [0, 0.05) is 23.9 Å². The van der Waals surface area contributed by atoms with Crippen LogP contribution in [0.1, 0.15) is 5.56 Å². The average molecular weight is 297 g/mol. The second kappa shape index (κ2) is 5.31. The van der Waals surface area contributed by atoms with Crippen LogP contribution >= 0.6 is 0 Å². The predicted octanol–water partition coefficient (Wildman–Crippen LogP) is 1.25. The van der Waals surface area contributed by atoms with Gasteiger partial charge in [-0.3, -0.25) is 10.1 Å². The molecule has 0 unspecified atom stereocenters. The third-order valence-electron chi connectivity index (χ3n) is 2.52. The van der Waals surface area contributed by atoms with Gasteiger partial charge in [0.2, 0.25) is 10.0 Å². The van der Waals surface area contributed by atoms with E-state index in [9.17, 15) is 18.5 Å². The normalized spacial score (nSPS) is 11.4. The number of anilines is 1. The van der Waals surface area contributed by atoms with E-state index in [1.54, 1.807) is 6.07 Å². The van der Waals surface area contributed by atoms with Crippen LogP contribution in [-0.2, 0) is 16.6 Å². The number of nitro groups is 1.